The van der Waals surface area contributed by atoms with Gasteiger partial charge in [0.25, 0.3) is 0 Å². The fourth-order valence-electron chi connectivity index (χ4n) is 2.16. The lowest BCUT2D eigenvalue weighted by Gasteiger charge is -2.17. The van der Waals surface area contributed by atoms with Gasteiger partial charge in [0.15, 0.2) is 0 Å². The van der Waals surface area contributed by atoms with Crippen molar-refractivity contribution in [2.24, 2.45) is 5.92 Å². The number of amides is 2. The molecule has 1 fully saturated rings. The van der Waals surface area contributed by atoms with E-state index < -0.39 is 0 Å². The molecule has 1 heterocycles. The van der Waals surface area contributed by atoms with E-state index in [0.29, 0.717) is 13.2 Å². The fraction of sp³-hybridized carbons (Fsp3) is 0.429. The van der Waals surface area contributed by atoms with E-state index in [9.17, 15) is 9.59 Å². The SMILES string of the molecule is CCONC(=O)C1CC(=O)N(c2ccc(Br)c(C)c2)C1. The highest BCUT2D eigenvalue weighted by molar-refractivity contribution is 9.10. The summed E-state index contributed by atoms with van der Waals surface area (Å²) < 4.78 is 0.999. The van der Waals surface area contributed by atoms with E-state index in [1.54, 1.807) is 11.8 Å². The van der Waals surface area contributed by atoms with Gasteiger partial charge in [0.05, 0.1) is 12.5 Å². The molecule has 20 heavy (non-hydrogen) atoms. The van der Waals surface area contributed by atoms with Crippen LogP contribution in [0, 0.1) is 12.8 Å². The number of anilines is 1. The zero-order valence-corrected chi connectivity index (χ0v) is 13.1. The monoisotopic (exact) mass is 340 g/mol. The van der Waals surface area contributed by atoms with Crippen LogP contribution in [0.15, 0.2) is 22.7 Å². The highest BCUT2D eigenvalue weighted by Gasteiger charge is 2.35. The van der Waals surface area contributed by atoms with Crippen molar-refractivity contribution in [3.05, 3.63) is 28.2 Å². The van der Waals surface area contributed by atoms with Crippen LogP contribution < -0.4 is 10.4 Å². The molecule has 2 rings (SSSR count). The molecule has 0 aromatic heterocycles. The maximum Gasteiger partial charge on any atom is 0.248 e. The standard InChI is InChI=1S/C14H17BrN2O3/c1-3-20-16-14(19)10-7-13(18)17(8-10)11-4-5-12(15)9(2)6-11/h4-6,10H,3,7-8H2,1-2H3,(H,16,19). The molecule has 108 valence electrons. The Morgan fingerprint density at radius 2 is 2.30 bits per heavy atom. The van der Waals surface area contributed by atoms with Crippen LogP contribution in [-0.4, -0.2) is 25.0 Å². The minimum absolute atomic E-state index is 0.0385. The first-order valence-corrected chi connectivity index (χ1v) is 7.30. The second kappa shape index (κ2) is 6.37. The second-order valence-corrected chi connectivity index (χ2v) is 5.59. The highest BCUT2D eigenvalue weighted by Crippen LogP contribution is 2.28. The van der Waals surface area contributed by atoms with Gasteiger partial charge < -0.3 is 4.90 Å². The molecule has 2 amide bonds. The number of hydrogen-bond donors (Lipinski definition) is 1. The predicted octanol–water partition coefficient (Wildman–Crippen LogP) is 2.18. The van der Waals surface area contributed by atoms with Gasteiger partial charge in [0.2, 0.25) is 11.8 Å². The summed E-state index contributed by atoms with van der Waals surface area (Å²) in [6.07, 6.45) is 0.216. The molecule has 1 aliphatic heterocycles. The number of hydrogen-bond acceptors (Lipinski definition) is 3. The van der Waals surface area contributed by atoms with Gasteiger partial charge in [-0.15, -0.1) is 0 Å². The maximum absolute atomic E-state index is 12.1. The number of halogens is 1. The van der Waals surface area contributed by atoms with Gasteiger partial charge in [0.1, 0.15) is 0 Å². The van der Waals surface area contributed by atoms with E-state index in [0.717, 1.165) is 15.7 Å². The molecule has 0 bridgehead atoms. The van der Waals surface area contributed by atoms with Crippen molar-refractivity contribution in [1.82, 2.24) is 5.48 Å². The molecule has 0 radical (unpaired) electrons. The van der Waals surface area contributed by atoms with Crippen LogP contribution in [-0.2, 0) is 14.4 Å². The van der Waals surface area contributed by atoms with Crippen LogP contribution in [0.1, 0.15) is 18.9 Å². The number of aryl methyl sites for hydroxylation is 1. The topological polar surface area (TPSA) is 58.6 Å². The van der Waals surface area contributed by atoms with E-state index in [4.69, 9.17) is 4.84 Å². The average Bonchev–Trinajstić information content (AvgIpc) is 2.81. The smallest absolute Gasteiger partial charge is 0.248 e. The second-order valence-electron chi connectivity index (χ2n) is 4.74. The van der Waals surface area contributed by atoms with Gasteiger partial charge in [-0.1, -0.05) is 15.9 Å². The predicted molar refractivity (Wildman–Crippen MR) is 79.1 cm³/mol. The Hall–Kier alpha value is -1.40. The van der Waals surface area contributed by atoms with Gasteiger partial charge in [0, 0.05) is 23.1 Å². The van der Waals surface area contributed by atoms with Crippen molar-refractivity contribution in [2.45, 2.75) is 20.3 Å². The lowest BCUT2D eigenvalue weighted by molar-refractivity contribution is -0.137. The number of carbonyl (C=O) groups is 2. The van der Waals surface area contributed by atoms with Crippen molar-refractivity contribution in [2.75, 3.05) is 18.1 Å². The molecule has 0 aliphatic carbocycles. The Morgan fingerprint density at radius 1 is 1.55 bits per heavy atom. The van der Waals surface area contributed by atoms with E-state index in [-0.39, 0.29) is 24.2 Å². The van der Waals surface area contributed by atoms with Crippen molar-refractivity contribution >= 4 is 33.4 Å². The molecule has 1 aromatic carbocycles. The molecular formula is C14H17BrN2O3. The minimum atomic E-state index is -0.363. The number of carbonyl (C=O) groups excluding carboxylic acids is 2. The Labute approximate surface area is 126 Å². The number of benzene rings is 1. The molecular weight excluding hydrogens is 324 g/mol. The third kappa shape index (κ3) is 3.19. The van der Waals surface area contributed by atoms with Crippen LogP contribution in [0.25, 0.3) is 0 Å². The largest absolute Gasteiger partial charge is 0.312 e. The lowest BCUT2D eigenvalue weighted by Crippen LogP contribution is -2.33. The van der Waals surface area contributed by atoms with Crippen molar-refractivity contribution in [3.8, 4) is 0 Å². The van der Waals surface area contributed by atoms with Gasteiger partial charge in [-0.05, 0) is 37.6 Å². The van der Waals surface area contributed by atoms with Crippen LogP contribution >= 0.6 is 15.9 Å². The van der Waals surface area contributed by atoms with Crippen molar-refractivity contribution in [3.63, 3.8) is 0 Å². The number of nitrogens with zero attached hydrogens (tertiary/aromatic N) is 1. The number of hydroxylamine groups is 1. The molecule has 1 aliphatic rings. The molecule has 1 unspecified atom stereocenters. The highest BCUT2D eigenvalue weighted by atomic mass is 79.9. The summed E-state index contributed by atoms with van der Waals surface area (Å²) in [5.74, 6) is -0.641. The lowest BCUT2D eigenvalue weighted by atomic mass is 10.1. The minimum Gasteiger partial charge on any atom is -0.312 e. The Bertz CT molecular complexity index is 533. The van der Waals surface area contributed by atoms with E-state index in [1.165, 1.54) is 0 Å². The molecule has 1 aromatic rings. The molecule has 1 N–H and O–H groups in total. The van der Waals surface area contributed by atoms with E-state index >= 15 is 0 Å². The van der Waals surface area contributed by atoms with Crippen LogP contribution in [0.5, 0.6) is 0 Å². The summed E-state index contributed by atoms with van der Waals surface area (Å²) in [4.78, 5) is 30.4. The first kappa shape index (κ1) is 15.0. The van der Waals surface area contributed by atoms with Crippen molar-refractivity contribution in [1.29, 1.82) is 0 Å². The number of nitrogens with one attached hydrogen (secondary N) is 1. The molecule has 1 atom stereocenters. The Morgan fingerprint density at radius 3 is 2.95 bits per heavy atom. The summed E-state index contributed by atoms with van der Waals surface area (Å²) in [7, 11) is 0. The first-order chi connectivity index (χ1) is 9.52. The summed E-state index contributed by atoms with van der Waals surface area (Å²) in [6, 6.07) is 5.72. The zero-order chi connectivity index (χ0) is 14.7. The first-order valence-electron chi connectivity index (χ1n) is 6.51. The molecule has 1 saturated heterocycles. The Balaban J connectivity index is 2.09. The summed E-state index contributed by atoms with van der Waals surface area (Å²) in [5.41, 5.74) is 4.24. The number of rotatable bonds is 4. The van der Waals surface area contributed by atoms with Gasteiger partial charge in [-0.3, -0.25) is 14.4 Å². The van der Waals surface area contributed by atoms with Gasteiger partial charge in [-0.2, -0.15) is 0 Å². The van der Waals surface area contributed by atoms with Gasteiger partial charge in [-0.25, -0.2) is 5.48 Å². The normalized spacial score (nSPS) is 18.4. The molecule has 5 nitrogen and oxygen atoms in total. The third-order valence-electron chi connectivity index (χ3n) is 3.27. The quantitative estimate of drug-likeness (QED) is 0.854. The zero-order valence-electron chi connectivity index (χ0n) is 11.5. The third-order valence-corrected chi connectivity index (χ3v) is 4.16. The molecule has 0 saturated carbocycles. The summed E-state index contributed by atoms with van der Waals surface area (Å²) in [5, 5.41) is 0. The van der Waals surface area contributed by atoms with Crippen LogP contribution in [0.2, 0.25) is 0 Å². The van der Waals surface area contributed by atoms with Crippen LogP contribution in [0.3, 0.4) is 0 Å². The summed E-state index contributed by atoms with van der Waals surface area (Å²) in [6.45, 7) is 4.55. The van der Waals surface area contributed by atoms with Crippen LogP contribution in [0.4, 0.5) is 5.69 Å². The van der Waals surface area contributed by atoms with Gasteiger partial charge >= 0.3 is 0 Å². The van der Waals surface area contributed by atoms with Crippen molar-refractivity contribution < 1.29 is 14.4 Å². The molecule has 6 heteroatoms. The van der Waals surface area contributed by atoms with E-state index in [2.05, 4.69) is 21.4 Å². The molecule has 0 spiro atoms. The summed E-state index contributed by atoms with van der Waals surface area (Å²) >= 11 is 3.43. The fourth-order valence-corrected chi connectivity index (χ4v) is 2.40. The average molecular weight is 341 g/mol. The maximum atomic E-state index is 12.1. The van der Waals surface area contributed by atoms with E-state index in [1.807, 2.05) is 25.1 Å². The Kier molecular flexibility index (Phi) is 4.77.